The lowest BCUT2D eigenvalue weighted by Crippen LogP contribution is -2.34. The average Bonchev–Trinajstić information content (AvgIpc) is 3.03. The number of nitrogens with zero attached hydrogens (tertiary/aromatic N) is 1. The molecule has 1 aromatic rings. The molecule has 1 aliphatic rings. The van der Waals surface area contributed by atoms with Crippen LogP contribution in [-0.2, 0) is 9.63 Å². The van der Waals surface area contributed by atoms with E-state index in [-0.39, 0.29) is 18.6 Å². The van der Waals surface area contributed by atoms with Crippen LogP contribution < -0.4 is 14.8 Å². The zero-order valence-corrected chi connectivity index (χ0v) is 14.1. The van der Waals surface area contributed by atoms with Crippen molar-refractivity contribution in [1.29, 1.82) is 0 Å². The van der Waals surface area contributed by atoms with Gasteiger partial charge in [0.05, 0.1) is 25.5 Å². The SMILES string of the molecule is COc1cc(/C=N\OCC(=O)NC2CCCC2)cc(Cl)c1OC. The van der Waals surface area contributed by atoms with Crippen LogP contribution in [0.3, 0.4) is 0 Å². The number of carbonyl (C=O) groups is 1. The van der Waals surface area contributed by atoms with Gasteiger partial charge in [0.1, 0.15) is 0 Å². The van der Waals surface area contributed by atoms with Crippen molar-refractivity contribution < 1.29 is 19.1 Å². The molecule has 1 amide bonds. The van der Waals surface area contributed by atoms with Crippen LogP contribution in [0, 0.1) is 0 Å². The predicted octanol–water partition coefficient (Wildman–Crippen LogP) is 2.77. The second-order valence-corrected chi connectivity index (χ2v) is 5.70. The minimum atomic E-state index is -0.153. The fourth-order valence-corrected chi connectivity index (χ4v) is 2.84. The van der Waals surface area contributed by atoms with Crippen molar-refractivity contribution in [3.05, 3.63) is 22.7 Å². The third-order valence-electron chi connectivity index (χ3n) is 3.65. The van der Waals surface area contributed by atoms with Crippen LogP contribution in [0.25, 0.3) is 0 Å². The summed E-state index contributed by atoms with van der Waals surface area (Å²) >= 11 is 6.10. The third-order valence-corrected chi connectivity index (χ3v) is 3.93. The maximum Gasteiger partial charge on any atom is 0.260 e. The first-order chi connectivity index (χ1) is 11.1. The first kappa shape index (κ1) is 17.4. The Labute approximate surface area is 140 Å². The Balaban J connectivity index is 1.85. The van der Waals surface area contributed by atoms with Crippen LogP contribution in [0.5, 0.6) is 11.5 Å². The number of rotatable bonds is 7. The van der Waals surface area contributed by atoms with E-state index in [0.29, 0.717) is 22.1 Å². The minimum Gasteiger partial charge on any atom is -0.493 e. The molecule has 0 saturated heterocycles. The van der Waals surface area contributed by atoms with Crippen LogP contribution in [0.2, 0.25) is 5.02 Å². The standard InChI is InChI=1S/C16H21ClN2O4/c1-21-14-8-11(7-13(17)16(14)22-2)9-18-23-10-15(20)19-12-5-3-4-6-12/h7-9,12H,3-6,10H2,1-2H3,(H,19,20)/b18-9-. The molecule has 23 heavy (non-hydrogen) atoms. The number of hydrogen-bond acceptors (Lipinski definition) is 5. The zero-order chi connectivity index (χ0) is 16.7. The molecule has 1 saturated carbocycles. The number of hydrogen-bond donors (Lipinski definition) is 1. The van der Waals surface area contributed by atoms with Gasteiger partial charge in [-0.15, -0.1) is 0 Å². The molecule has 2 rings (SSSR count). The quantitative estimate of drug-likeness (QED) is 0.612. The molecule has 0 radical (unpaired) electrons. The van der Waals surface area contributed by atoms with Crippen molar-refractivity contribution >= 4 is 23.7 Å². The number of nitrogens with one attached hydrogen (secondary N) is 1. The summed E-state index contributed by atoms with van der Waals surface area (Å²) in [4.78, 5) is 16.7. The summed E-state index contributed by atoms with van der Waals surface area (Å²) in [5, 5.41) is 7.12. The number of halogens is 1. The number of methoxy groups -OCH3 is 2. The van der Waals surface area contributed by atoms with E-state index in [0.717, 1.165) is 12.8 Å². The molecule has 0 aromatic heterocycles. The molecule has 0 unspecified atom stereocenters. The smallest absolute Gasteiger partial charge is 0.260 e. The van der Waals surface area contributed by atoms with E-state index in [1.807, 2.05) is 0 Å². The summed E-state index contributed by atoms with van der Waals surface area (Å²) in [7, 11) is 3.04. The number of amides is 1. The van der Waals surface area contributed by atoms with E-state index in [2.05, 4.69) is 10.5 Å². The summed E-state index contributed by atoms with van der Waals surface area (Å²) < 4.78 is 10.4. The lowest BCUT2D eigenvalue weighted by molar-refractivity contribution is -0.126. The van der Waals surface area contributed by atoms with Gasteiger partial charge in [-0.1, -0.05) is 29.6 Å². The highest BCUT2D eigenvalue weighted by atomic mass is 35.5. The molecule has 1 aromatic carbocycles. The van der Waals surface area contributed by atoms with Gasteiger partial charge in [-0.3, -0.25) is 4.79 Å². The fraction of sp³-hybridized carbons (Fsp3) is 0.500. The zero-order valence-electron chi connectivity index (χ0n) is 13.3. The van der Waals surface area contributed by atoms with Gasteiger partial charge in [0, 0.05) is 11.6 Å². The van der Waals surface area contributed by atoms with Crippen molar-refractivity contribution in [2.24, 2.45) is 5.16 Å². The molecule has 0 heterocycles. The molecular formula is C16H21ClN2O4. The molecule has 1 fully saturated rings. The lowest BCUT2D eigenvalue weighted by atomic mass is 10.2. The van der Waals surface area contributed by atoms with Crippen molar-refractivity contribution in [2.45, 2.75) is 31.7 Å². The second-order valence-electron chi connectivity index (χ2n) is 5.30. The van der Waals surface area contributed by atoms with Crippen molar-refractivity contribution in [3.63, 3.8) is 0 Å². The molecule has 0 spiro atoms. The molecule has 1 aliphatic carbocycles. The topological polar surface area (TPSA) is 69.2 Å². The fourth-order valence-electron chi connectivity index (χ4n) is 2.55. The van der Waals surface area contributed by atoms with E-state index in [4.69, 9.17) is 25.9 Å². The molecule has 0 bridgehead atoms. The lowest BCUT2D eigenvalue weighted by Gasteiger charge is -2.11. The van der Waals surface area contributed by atoms with E-state index < -0.39 is 0 Å². The Kier molecular flexibility index (Phi) is 6.52. The maximum absolute atomic E-state index is 11.7. The third kappa shape index (κ3) is 5.03. The molecule has 1 N–H and O–H groups in total. The Hall–Kier alpha value is -1.95. The average molecular weight is 341 g/mol. The second kappa shape index (κ2) is 8.62. The number of ether oxygens (including phenoxy) is 2. The van der Waals surface area contributed by atoms with E-state index in [9.17, 15) is 4.79 Å². The first-order valence-electron chi connectivity index (χ1n) is 7.50. The van der Waals surface area contributed by atoms with E-state index in [1.165, 1.54) is 33.3 Å². The van der Waals surface area contributed by atoms with Crippen LogP contribution in [0.1, 0.15) is 31.2 Å². The van der Waals surface area contributed by atoms with Gasteiger partial charge in [0.2, 0.25) is 0 Å². The van der Waals surface area contributed by atoms with Gasteiger partial charge in [0.15, 0.2) is 18.1 Å². The summed E-state index contributed by atoms with van der Waals surface area (Å²) in [5.41, 5.74) is 0.684. The van der Waals surface area contributed by atoms with Crippen LogP contribution in [-0.4, -0.2) is 39.0 Å². The molecule has 6 nitrogen and oxygen atoms in total. The molecule has 0 aliphatic heterocycles. The number of oxime groups is 1. The van der Waals surface area contributed by atoms with Crippen LogP contribution >= 0.6 is 11.6 Å². The molecule has 0 atom stereocenters. The summed E-state index contributed by atoms with van der Waals surface area (Å²) in [5.74, 6) is 0.808. The predicted molar refractivity (Wildman–Crippen MR) is 88.5 cm³/mol. The normalized spacial score (nSPS) is 14.9. The monoisotopic (exact) mass is 340 g/mol. The summed E-state index contributed by atoms with van der Waals surface area (Å²) in [6.07, 6.45) is 5.89. The Morgan fingerprint density at radius 2 is 2.09 bits per heavy atom. The highest BCUT2D eigenvalue weighted by Crippen LogP contribution is 2.35. The Bertz CT molecular complexity index is 571. The highest BCUT2D eigenvalue weighted by Gasteiger charge is 2.17. The van der Waals surface area contributed by atoms with Crippen LogP contribution in [0.4, 0.5) is 0 Å². The van der Waals surface area contributed by atoms with Gasteiger partial charge in [0.25, 0.3) is 5.91 Å². The van der Waals surface area contributed by atoms with Crippen LogP contribution in [0.15, 0.2) is 17.3 Å². The van der Waals surface area contributed by atoms with Crippen molar-refractivity contribution in [2.75, 3.05) is 20.8 Å². The van der Waals surface area contributed by atoms with Crippen molar-refractivity contribution in [3.8, 4) is 11.5 Å². The maximum atomic E-state index is 11.7. The molecule has 7 heteroatoms. The van der Waals surface area contributed by atoms with Gasteiger partial charge < -0.3 is 19.6 Å². The molecule has 126 valence electrons. The van der Waals surface area contributed by atoms with E-state index in [1.54, 1.807) is 12.1 Å². The minimum absolute atomic E-state index is 0.103. The first-order valence-corrected chi connectivity index (χ1v) is 7.88. The molecular weight excluding hydrogens is 320 g/mol. The van der Waals surface area contributed by atoms with Gasteiger partial charge >= 0.3 is 0 Å². The summed E-state index contributed by atoms with van der Waals surface area (Å²) in [6.45, 7) is -0.103. The number of benzene rings is 1. The van der Waals surface area contributed by atoms with Gasteiger partial charge in [-0.05, 0) is 25.0 Å². The van der Waals surface area contributed by atoms with Gasteiger partial charge in [-0.2, -0.15) is 0 Å². The Morgan fingerprint density at radius 3 is 2.74 bits per heavy atom. The van der Waals surface area contributed by atoms with E-state index >= 15 is 0 Å². The Morgan fingerprint density at radius 1 is 1.35 bits per heavy atom. The van der Waals surface area contributed by atoms with Crippen molar-refractivity contribution in [1.82, 2.24) is 5.32 Å². The van der Waals surface area contributed by atoms with Gasteiger partial charge in [-0.25, -0.2) is 0 Å². The number of carbonyl (C=O) groups excluding carboxylic acids is 1. The highest BCUT2D eigenvalue weighted by molar-refractivity contribution is 6.32. The largest absolute Gasteiger partial charge is 0.493 e. The summed E-state index contributed by atoms with van der Waals surface area (Å²) in [6, 6.07) is 3.67.